The lowest BCUT2D eigenvalue weighted by Gasteiger charge is -1.99. The van der Waals surface area contributed by atoms with E-state index in [1.165, 1.54) is 21.6 Å². The van der Waals surface area contributed by atoms with Crippen LogP contribution in [0, 0.1) is 0 Å². The van der Waals surface area contributed by atoms with Crippen LogP contribution >= 0.6 is 0 Å². The highest BCUT2D eigenvalue weighted by Gasteiger charge is 2.07. The Morgan fingerprint density at radius 2 is 2.31 bits per heavy atom. The molecule has 2 N–H and O–H groups in total. The van der Waals surface area contributed by atoms with Crippen molar-refractivity contribution in [2.45, 2.75) is 13.1 Å². The SMILES string of the molecule is O=C(O)c1cn(CCn2cc[nH]c2=O)nn1. The van der Waals surface area contributed by atoms with Crippen LogP contribution in [-0.4, -0.2) is 35.6 Å². The first-order chi connectivity index (χ1) is 7.66. The zero-order valence-electron chi connectivity index (χ0n) is 8.20. The number of nitrogens with zero attached hydrogens (tertiary/aromatic N) is 4. The summed E-state index contributed by atoms with van der Waals surface area (Å²) in [5.74, 6) is -1.12. The summed E-state index contributed by atoms with van der Waals surface area (Å²) < 4.78 is 2.84. The summed E-state index contributed by atoms with van der Waals surface area (Å²) >= 11 is 0. The summed E-state index contributed by atoms with van der Waals surface area (Å²) in [5, 5.41) is 15.7. The molecule has 8 nitrogen and oxygen atoms in total. The highest BCUT2D eigenvalue weighted by molar-refractivity contribution is 5.84. The number of aromatic nitrogens is 5. The molecule has 84 valence electrons. The second-order valence-corrected chi connectivity index (χ2v) is 3.13. The summed E-state index contributed by atoms with van der Waals surface area (Å²) in [6, 6.07) is 0. The summed E-state index contributed by atoms with van der Waals surface area (Å²) in [5.41, 5.74) is -0.319. The van der Waals surface area contributed by atoms with Crippen LogP contribution < -0.4 is 5.69 Å². The largest absolute Gasteiger partial charge is 0.476 e. The monoisotopic (exact) mass is 223 g/mol. The van der Waals surface area contributed by atoms with E-state index in [9.17, 15) is 9.59 Å². The number of H-pyrrole nitrogens is 1. The van der Waals surface area contributed by atoms with Gasteiger partial charge in [-0.15, -0.1) is 5.10 Å². The molecule has 0 atom stereocenters. The van der Waals surface area contributed by atoms with Gasteiger partial charge in [0.25, 0.3) is 0 Å². The Balaban J connectivity index is 2.02. The minimum absolute atomic E-state index is 0.110. The number of rotatable bonds is 4. The molecule has 8 heteroatoms. The van der Waals surface area contributed by atoms with Gasteiger partial charge >= 0.3 is 11.7 Å². The van der Waals surface area contributed by atoms with Crippen molar-refractivity contribution in [3.8, 4) is 0 Å². The number of imidazole rings is 1. The quantitative estimate of drug-likeness (QED) is 0.703. The molecule has 2 rings (SSSR count). The predicted octanol–water partition coefficient (Wildman–Crippen LogP) is -0.834. The molecule has 0 aliphatic rings. The van der Waals surface area contributed by atoms with Gasteiger partial charge < -0.3 is 10.1 Å². The van der Waals surface area contributed by atoms with Crippen LogP contribution in [0.15, 0.2) is 23.4 Å². The number of hydrogen-bond acceptors (Lipinski definition) is 4. The summed E-state index contributed by atoms with van der Waals surface area (Å²) in [4.78, 5) is 24.1. The van der Waals surface area contributed by atoms with Gasteiger partial charge in [-0.3, -0.25) is 4.57 Å². The van der Waals surface area contributed by atoms with E-state index in [-0.39, 0.29) is 11.4 Å². The van der Waals surface area contributed by atoms with Crippen LogP contribution in [0.3, 0.4) is 0 Å². The van der Waals surface area contributed by atoms with E-state index in [0.29, 0.717) is 13.1 Å². The third-order valence-electron chi connectivity index (χ3n) is 2.05. The fourth-order valence-corrected chi connectivity index (χ4v) is 1.24. The smallest absolute Gasteiger partial charge is 0.358 e. The summed E-state index contributed by atoms with van der Waals surface area (Å²) in [6.07, 6.45) is 4.46. The third-order valence-corrected chi connectivity index (χ3v) is 2.05. The number of carboxylic acids is 1. The van der Waals surface area contributed by atoms with E-state index in [2.05, 4.69) is 15.3 Å². The molecule has 0 amide bonds. The van der Waals surface area contributed by atoms with Crippen LogP contribution in [0.4, 0.5) is 0 Å². The number of aromatic carboxylic acids is 1. The lowest BCUT2D eigenvalue weighted by Crippen LogP contribution is -2.19. The molecule has 0 bridgehead atoms. The average Bonchev–Trinajstić information content (AvgIpc) is 2.83. The van der Waals surface area contributed by atoms with Gasteiger partial charge in [-0.1, -0.05) is 5.21 Å². The van der Waals surface area contributed by atoms with Crippen LogP contribution in [-0.2, 0) is 13.1 Å². The maximum atomic E-state index is 11.1. The van der Waals surface area contributed by atoms with Gasteiger partial charge in [-0.2, -0.15) is 0 Å². The van der Waals surface area contributed by atoms with E-state index >= 15 is 0 Å². The molecule has 0 saturated carbocycles. The Hall–Kier alpha value is -2.38. The highest BCUT2D eigenvalue weighted by atomic mass is 16.4. The van der Waals surface area contributed by atoms with Crippen molar-refractivity contribution < 1.29 is 9.90 Å². The minimum Gasteiger partial charge on any atom is -0.476 e. The van der Waals surface area contributed by atoms with Crippen molar-refractivity contribution in [2.24, 2.45) is 0 Å². The first kappa shape index (κ1) is 10.1. The van der Waals surface area contributed by atoms with E-state index in [4.69, 9.17) is 5.11 Å². The standard InChI is InChI=1S/C8H9N5O3/c14-7(15)6-5-13(11-10-6)4-3-12-2-1-9-8(12)16/h1-2,5H,3-4H2,(H,9,16)(H,14,15). The molecular weight excluding hydrogens is 214 g/mol. The molecule has 16 heavy (non-hydrogen) atoms. The fraction of sp³-hybridized carbons (Fsp3) is 0.250. The summed E-state index contributed by atoms with van der Waals surface area (Å²) in [6.45, 7) is 0.794. The third kappa shape index (κ3) is 2.00. The van der Waals surface area contributed by atoms with Crippen molar-refractivity contribution in [2.75, 3.05) is 0 Å². The van der Waals surface area contributed by atoms with Gasteiger partial charge in [0.15, 0.2) is 5.69 Å². The molecule has 0 spiro atoms. The van der Waals surface area contributed by atoms with Crippen LogP contribution in [0.1, 0.15) is 10.5 Å². The molecule has 0 unspecified atom stereocenters. The highest BCUT2D eigenvalue weighted by Crippen LogP contribution is 1.93. The van der Waals surface area contributed by atoms with Gasteiger partial charge in [0.1, 0.15) is 0 Å². The first-order valence-electron chi connectivity index (χ1n) is 4.54. The van der Waals surface area contributed by atoms with Crippen LogP contribution in [0.2, 0.25) is 0 Å². The molecule has 0 aliphatic carbocycles. The zero-order valence-corrected chi connectivity index (χ0v) is 8.20. The molecule has 2 aromatic rings. The Morgan fingerprint density at radius 3 is 2.88 bits per heavy atom. The average molecular weight is 223 g/mol. The number of nitrogens with one attached hydrogen (secondary N) is 1. The van der Waals surface area contributed by atoms with Crippen molar-refractivity contribution >= 4 is 5.97 Å². The number of hydrogen-bond donors (Lipinski definition) is 2. The van der Waals surface area contributed by atoms with E-state index in [0.717, 1.165) is 0 Å². The van der Waals surface area contributed by atoms with Gasteiger partial charge in [0, 0.05) is 18.9 Å². The van der Waals surface area contributed by atoms with E-state index < -0.39 is 5.97 Å². The second kappa shape index (κ2) is 4.01. The molecule has 2 heterocycles. The molecule has 2 aromatic heterocycles. The topological polar surface area (TPSA) is 106 Å². The number of carboxylic acid groups (broad SMARTS) is 1. The maximum absolute atomic E-state index is 11.1. The van der Waals surface area contributed by atoms with Crippen molar-refractivity contribution in [3.05, 3.63) is 34.8 Å². The molecule has 0 aromatic carbocycles. The number of carbonyl (C=O) groups is 1. The first-order valence-corrected chi connectivity index (χ1v) is 4.54. The Morgan fingerprint density at radius 1 is 1.50 bits per heavy atom. The zero-order chi connectivity index (χ0) is 11.5. The minimum atomic E-state index is -1.12. The molecule has 0 radical (unpaired) electrons. The number of aryl methyl sites for hydroxylation is 2. The lowest BCUT2D eigenvalue weighted by molar-refractivity contribution is 0.0690. The van der Waals surface area contributed by atoms with Gasteiger partial charge in [-0.05, 0) is 0 Å². The number of aromatic amines is 1. The normalized spacial score (nSPS) is 10.5. The van der Waals surface area contributed by atoms with Crippen LogP contribution in [0.5, 0.6) is 0 Å². The molecule has 0 saturated heterocycles. The fourth-order valence-electron chi connectivity index (χ4n) is 1.24. The van der Waals surface area contributed by atoms with Gasteiger partial charge in [-0.25, -0.2) is 14.3 Å². The van der Waals surface area contributed by atoms with Crippen molar-refractivity contribution in [3.63, 3.8) is 0 Å². The van der Waals surface area contributed by atoms with Crippen LogP contribution in [0.25, 0.3) is 0 Å². The van der Waals surface area contributed by atoms with Crippen molar-refractivity contribution in [1.82, 2.24) is 24.5 Å². The Kier molecular flexibility index (Phi) is 2.54. The Labute approximate surface area is 89.1 Å². The van der Waals surface area contributed by atoms with Gasteiger partial charge in [0.2, 0.25) is 0 Å². The molecule has 0 fully saturated rings. The van der Waals surface area contributed by atoms with E-state index in [1.54, 1.807) is 6.20 Å². The lowest BCUT2D eigenvalue weighted by atomic mass is 10.5. The predicted molar refractivity (Wildman–Crippen MR) is 52.0 cm³/mol. The van der Waals surface area contributed by atoms with Crippen molar-refractivity contribution in [1.29, 1.82) is 0 Å². The molecular formula is C8H9N5O3. The molecule has 0 aliphatic heterocycles. The second-order valence-electron chi connectivity index (χ2n) is 3.13. The maximum Gasteiger partial charge on any atom is 0.358 e. The van der Waals surface area contributed by atoms with Gasteiger partial charge in [0.05, 0.1) is 12.7 Å². The van der Waals surface area contributed by atoms with E-state index in [1.807, 2.05) is 0 Å². The Bertz CT molecular complexity index is 552. The summed E-state index contributed by atoms with van der Waals surface area (Å²) in [7, 11) is 0.